The van der Waals surface area contributed by atoms with Gasteiger partial charge in [-0.2, -0.15) is 0 Å². The smallest absolute Gasteiger partial charge is 0.161 e. The fraction of sp³-hybridized carbons (Fsp3) is 0.200. The second-order valence-electron chi connectivity index (χ2n) is 4.53. The van der Waals surface area contributed by atoms with Crippen molar-refractivity contribution in [2.45, 2.75) is 20.4 Å². The Balaban J connectivity index is 2.19. The van der Waals surface area contributed by atoms with E-state index in [0.29, 0.717) is 12.6 Å². The monoisotopic (exact) mass is 265 g/mol. The summed E-state index contributed by atoms with van der Waals surface area (Å²) in [6, 6.07) is 7.29. The molecule has 0 fully saturated rings. The van der Waals surface area contributed by atoms with E-state index in [0.717, 1.165) is 22.8 Å². The molecular weight excluding hydrogens is 251 g/mol. The molecule has 0 aromatic heterocycles. The number of aryl methyl sites for hydroxylation is 2. The Hall–Kier alpha value is -1.97. The quantitative estimate of drug-likeness (QED) is 0.814. The number of hydrogen-bond acceptors (Lipinski definition) is 1. The Labute approximate surface area is 110 Å². The maximum atomic E-state index is 13.4. The molecule has 0 aliphatic rings. The van der Waals surface area contributed by atoms with Gasteiger partial charge in [0.2, 0.25) is 0 Å². The summed E-state index contributed by atoms with van der Waals surface area (Å²) in [4.78, 5) is 0. The lowest BCUT2D eigenvalue weighted by Crippen LogP contribution is -2.04. The van der Waals surface area contributed by atoms with Crippen LogP contribution in [0.5, 0.6) is 0 Å². The van der Waals surface area contributed by atoms with Gasteiger partial charge in [-0.1, -0.05) is 23.8 Å². The molecule has 0 spiro atoms. The first kappa shape index (κ1) is 13.5. The lowest BCUT2D eigenvalue weighted by Gasteiger charge is -2.11. The van der Waals surface area contributed by atoms with Gasteiger partial charge in [-0.15, -0.1) is 0 Å². The molecule has 19 heavy (non-hydrogen) atoms. The highest BCUT2D eigenvalue weighted by Gasteiger charge is 2.09. The minimum absolute atomic E-state index is 0.0418. The maximum absolute atomic E-state index is 13.4. The number of rotatable bonds is 3. The van der Waals surface area contributed by atoms with Crippen molar-refractivity contribution in [3.05, 3.63) is 64.5 Å². The Morgan fingerprint density at radius 3 is 2.32 bits per heavy atom. The van der Waals surface area contributed by atoms with E-state index in [1.54, 1.807) is 0 Å². The first-order valence-electron chi connectivity index (χ1n) is 5.92. The van der Waals surface area contributed by atoms with Gasteiger partial charge in [0.05, 0.1) is 5.69 Å². The average Bonchev–Trinajstić information content (AvgIpc) is 2.36. The summed E-state index contributed by atoms with van der Waals surface area (Å²) in [5.41, 5.74) is 3.10. The molecule has 2 rings (SSSR count). The molecule has 0 bridgehead atoms. The number of halogens is 3. The highest BCUT2D eigenvalue weighted by molar-refractivity contribution is 5.46. The van der Waals surface area contributed by atoms with Crippen molar-refractivity contribution in [2.75, 3.05) is 5.32 Å². The standard InChI is InChI=1S/C15H14F3N/c1-9-3-4-10(2)11(5-9)8-19-15-7-13(17)12(16)6-14(15)18/h3-7,19H,8H2,1-2H3. The third-order valence-electron chi connectivity index (χ3n) is 2.98. The van der Waals surface area contributed by atoms with Crippen molar-refractivity contribution in [3.8, 4) is 0 Å². The molecule has 4 heteroatoms. The summed E-state index contributed by atoms with van der Waals surface area (Å²) in [7, 11) is 0. The summed E-state index contributed by atoms with van der Waals surface area (Å²) >= 11 is 0. The van der Waals surface area contributed by atoms with Crippen LogP contribution < -0.4 is 5.32 Å². The zero-order valence-corrected chi connectivity index (χ0v) is 10.7. The van der Waals surface area contributed by atoms with Gasteiger partial charge in [-0.25, -0.2) is 13.2 Å². The Kier molecular flexibility index (Phi) is 3.79. The Bertz CT molecular complexity index is 609. The molecule has 0 saturated carbocycles. The molecule has 0 saturated heterocycles. The molecule has 0 unspecified atom stereocenters. The van der Waals surface area contributed by atoms with Crippen molar-refractivity contribution in [1.82, 2.24) is 0 Å². The molecule has 0 aliphatic heterocycles. The van der Waals surface area contributed by atoms with E-state index in [2.05, 4.69) is 5.32 Å². The molecule has 100 valence electrons. The highest BCUT2D eigenvalue weighted by Crippen LogP contribution is 2.20. The van der Waals surface area contributed by atoms with E-state index in [-0.39, 0.29) is 5.69 Å². The molecule has 0 radical (unpaired) electrons. The summed E-state index contributed by atoms with van der Waals surface area (Å²) in [6.07, 6.45) is 0. The number of hydrogen-bond donors (Lipinski definition) is 1. The van der Waals surface area contributed by atoms with E-state index >= 15 is 0 Å². The van der Waals surface area contributed by atoms with Crippen molar-refractivity contribution >= 4 is 5.69 Å². The maximum Gasteiger partial charge on any atom is 0.161 e. The highest BCUT2D eigenvalue weighted by atomic mass is 19.2. The van der Waals surface area contributed by atoms with Gasteiger partial charge < -0.3 is 5.32 Å². The SMILES string of the molecule is Cc1ccc(C)c(CNc2cc(F)c(F)cc2F)c1. The molecular formula is C15H14F3N. The van der Waals surface area contributed by atoms with Crippen molar-refractivity contribution in [3.63, 3.8) is 0 Å². The number of benzene rings is 2. The summed E-state index contributed by atoms with van der Waals surface area (Å²) in [6.45, 7) is 4.26. The zero-order valence-electron chi connectivity index (χ0n) is 10.7. The van der Waals surface area contributed by atoms with E-state index < -0.39 is 17.5 Å². The second-order valence-corrected chi connectivity index (χ2v) is 4.53. The van der Waals surface area contributed by atoms with Crippen LogP contribution >= 0.6 is 0 Å². The van der Waals surface area contributed by atoms with Crippen LogP contribution in [0.4, 0.5) is 18.9 Å². The van der Waals surface area contributed by atoms with Crippen LogP contribution in [0.1, 0.15) is 16.7 Å². The lowest BCUT2D eigenvalue weighted by atomic mass is 10.1. The van der Waals surface area contributed by atoms with E-state index in [1.807, 2.05) is 32.0 Å². The first-order valence-corrected chi connectivity index (χ1v) is 5.92. The van der Waals surface area contributed by atoms with Crippen LogP contribution in [0.15, 0.2) is 30.3 Å². The number of nitrogens with one attached hydrogen (secondary N) is 1. The van der Waals surface area contributed by atoms with Gasteiger partial charge >= 0.3 is 0 Å². The summed E-state index contributed by atoms with van der Waals surface area (Å²) in [5, 5.41) is 2.78. The molecule has 2 aromatic carbocycles. The molecule has 2 aromatic rings. The predicted molar refractivity (Wildman–Crippen MR) is 69.6 cm³/mol. The fourth-order valence-electron chi connectivity index (χ4n) is 1.84. The zero-order chi connectivity index (χ0) is 14.0. The third kappa shape index (κ3) is 3.08. The second kappa shape index (κ2) is 5.34. The van der Waals surface area contributed by atoms with Crippen molar-refractivity contribution < 1.29 is 13.2 Å². The molecule has 0 atom stereocenters. The van der Waals surface area contributed by atoms with E-state index in [4.69, 9.17) is 0 Å². The third-order valence-corrected chi connectivity index (χ3v) is 2.98. The van der Waals surface area contributed by atoms with Crippen LogP contribution in [0.2, 0.25) is 0 Å². The minimum atomic E-state index is -1.19. The van der Waals surface area contributed by atoms with E-state index in [9.17, 15) is 13.2 Å². The molecule has 0 amide bonds. The van der Waals surface area contributed by atoms with Gasteiger partial charge in [0, 0.05) is 18.7 Å². The summed E-state index contributed by atoms with van der Waals surface area (Å²) < 4.78 is 39.3. The van der Waals surface area contributed by atoms with Crippen LogP contribution in [0.3, 0.4) is 0 Å². The van der Waals surface area contributed by atoms with Gasteiger partial charge in [0.25, 0.3) is 0 Å². The topological polar surface area (TPSA) is 12.0 Å². The fourth-order valence-corrected chi connectivity index (χ4v) is 1.84. The van der Waals surface area contributed by atoms with Gasteiger partial charge in [-0.05, 0) is 25.0 Å². The molecule has 1 N–H and O–H groups in total. The normalized spacial score (nSPS) is 10.6. The Morgan fingerprint density at radius 2 is 1.58 bits per heavy atom. The minimum Gasteiger partial charge on any atom is -0.379 e. The van der Waals surface area contributed by atoms with Gasteiger partial charge in [0.15, 0.2) is 11.6 Å². The predicted octanol–water partition coefficient (Wildman–Crippen LogP) is 4.33. The molecule has 0 aliphatic carbocycles. The Morgan fingerprint density at radius 1 is 0.895 bits per heavy atom. The van der Waals surface area contributed by atoms with Crippen LogP contribution in [-0.2, 0) is 6.54 Å². The average molecular weight is 265 g/mol. The largest absolute Gasteiger partial charge is 0.379 e. The lowest BCUT2D eigenvalue weighted by molar-refractivity contribution is 0.496. The molecule has 1 nitrogen and oxygen atoms in total. The van der Waals surface area contributed by atoms with Crippen LogP contribution in [0, 0.1) is 31.3 Å². The van der Waals surface area contributed by atoms with Crippen molar-refractivity contribution in [1.29, 1.82) is 0 Å². The first-order chi connectivity index (χ1) is 8.97. The van der Waals surface area contributed by atoms with Gasteiger partial charge in [-0.3, -0.25) is 0 Å². The van der Waals surface area contributed by atoms with E-state index in [1.165, 1.54) is 0 Å². The van der Waals surface area contributed by atoms with Gasteiger partial charge in [0.1, 0.15) is 5.82 Å². The summed E-state index contributed by atoms with van der Waals surface area (Å²) in [5.74, 6) is -3.05. The number of anilines is 1. The van der Waals surface area contributed by atoms with Crippen LogP contribution in [-0.4, -0.2) is 0 Å². The van der Waals surface area contributed by atoms with Crippen molar-refractivity contribution in [2.24, 2.45) is 0 Å². The van der Waals surface area contributed by atoms with Crippen LogP contribution in [0.25, 0.3) is 0 Å². The molecule has 0 heterocycles.